The van der Waals surface area contributed by atoms with E-state index in [9.17, 15) is 4.79 Å². The van der Waals surface area contributed by atoms with E-state index in [1.165, 1.54) is 11.3 Å². The van der Waals surface area contributed by atoms with Gasteiger partial charge in [-0.15, -0.1) is 11.3 Å². The van der Waals surface area contributed by atoms with Gasteiger partial charge in [-0.3, -0.25) is 4.79 Å². The van der Waals surface area contributed by atoms with Crippen LogP contribution in [0, 0.1) is 5.92 Å². The fourth-order valence-electron chi connectivity index (χ4n) is 2.41. The molecule has 4 nitrogen and oxygen atoms in total. The van der Waals surface area contributed by atoms with Gasteiger partial charge in [-0.25, -0.2) is 4.98 Å². The average Bonchev–Trinajstić information content (AvgIpc) is 3.17. The Kier molecular flexibility index (Phi) is 3.80. The first-order valence-electron chi connectivity index (χ1n) is 6.69. The molecule has 0 spiro atoms. The molecule has 1 amide bonds. The zero-order chi connectivity index (χ0) is 13.9. The lowest BCUT2D eigenvalue weighted by Crippen LogP contribution is -2.28. The number of carbonyl (C=O) groups excluding carboxylic acids is 1. The number of benzene rings is 1. The molecule has 1 fully saturated rings. The Morgan fingerprint density at radius 3 is 2.90 bits per heavy atom. The van der Waals surface area contributed by atoms with Gasteiger partial charge < -0.3 is 10.0 Å². The van der Waals surface area contributed by atoms with Crippen molar-refractivity contribution in [3.05, 3.63) is 41.4 Å². The fourth-order valence-corrected chi connectivity index (χ4v) is 3.30. The van der Waals surface area contributed by atoms with Crippen LogP contribution in [0.4, 0.5) is 0 Å². The van der Waals surface area contributed by atoms with E-state index in [1.807, 2.05) is 35.2 Å². The molecule has 0 aliphatic carbocycles. The molecule has 5 heteroatoms. The summed E-state index contributed by atoms with van der Waals surface area (Å²) >= 11 is 1.42. The maximum absolute atomic E-state index is 12.4. The number of aromatic nitrogens is 1. The first-order chi connectivity index (χ1) is 9.78. The Morgan fingerprint density at radius 2 is 2.20 bits per heavy atom. The summed E-state index contributed by atoms with van der Waals surface area (Å²) in [6, 6.07) is 9.87. The first-order valence-corrected chi connectivity index (χ1v) is 7.51. The zero-order valence-electron chi connectivity index (χ0n) is 11.0. The van der Waals surface area contributed by atoms with Gasteiger partial charge in [0.1, 0.15) is 9.88 Å². The second kappa shape index (κ2) is 5.73. The average molecular weight is 288 g/mol. The Balaban J connectivity index is 1.76. The summed E-state index contributed by atoms with van der Waals surface area (Å²) in [5, 5.41) is 10.0. The summed E-state index contributed by atoms with van der Waals surface area (Å²) in [5.74, 6) is 0.251. The molecule has 1 atom stereocenters. The van der Waals surface area contributed by atoms with Gasteiger partial charge in [-0.2, -0.15) is 0 Å². The molecule has 0 radical (unpaired) electrons. The minimum absolute atomic E-state index is 0.0284. The number of likely N-dealkylation sites (tertiary alicyclic amines) is 1. The molecular formula is C15H16N2O2S. The van der Waals surface area contributed by atoms with E-state index < -0.39 is 0 Å². The molecule has 2 heterocycles. The normalized spacial score (nSPS) is 18.4. The minimum Gasteiger partial charge on any atom is -0.396 e. The number of aliphatic hydroxyl groups excluding tert-OH is 1. The largest absolute Gasteiger partial charge is 0.396 e. The summed E-state index contributed by atoms with van der Waals surface area (Å²) in [4.78, 5) is 19.2. The van der Waals surface area contributed by atoms with Crippen LogP contribution in [0.2, 0.25) is 0 Å². The van der Waals surface area contributed by atoms with E-state index in [2.05, 4.69) is 4.98 Å². The van der Waals surface area contributed by atoms with Crippen LogP contribution in [0.25, 0.3) is 10.6 Å². The molecule has 1 unspecified atom stereocenters. The van der Waals surface area contributed by atoms with E-state index in [0.717, 1.165) is 23.5 Å². The van der Waals surface area contributed by atoms with E-state index in [1.54, 1.807) is 6.20 Å². The van der Waals surface area contributed by atoms with Gasteiger partial charge in [0.15, 0.2) is 0 Å². The second-order valence-electron chi connectivity index (χ2n) is 4.98. The third-order valence-corrected chi connectivity index (χ3v) is 4.60. The quantitative estimate of drug-likeness (QED) is 0.942. The highest BCUT2D eigenvalue weighted by molar-refractivity contribution is 7.16. The van der Waals surface area contributed by atoms with Crippen molar-refractivity contribution in [1.29, 1.82) is 0 Å². The minimum atomic E-state index is 0.0284. The Bertz CT molecular complexity index is 597. The van der Waals surface area contributed by atoms with Crippen LogP contribution < -0.4 is 0 Å². The van der Waals surface area contributed by atoms with Crippen molar-refractivity contribution in [2.24, 2.45) is 5.92 Å². The van der Waals surface area contributed by atoms with Gasteiger partial charge >= 0.3 is 0 Å². The van der Waals surface area contributed by atoms with E-state index >= 15 is 0 Å². The molecular weight excluding hydrogens is 272 g/mol. The number of carbonyl (C=O) groups is 1. The highest BCUT2D eigenvalue weighted by atomic mass is 32.1. The molecule has 3 rings (SSSR count). The number of hydrogen-bond donors (Lipinski definition) is 1. The van der Waals surface area contributed by atoms with E-state index in [4.69, 9.17) is 5.11 Å². The van der Waals surface area contributed by atoms with Gasteiger partial charge in [0.05, 0.1) is 6.20 Å². The molecule has 1 aliphatic heterocycles. The summed E-state index contributed by atoms with van der Waals surface area (Å²) in [6.45, 7) is 1.53. The van der Waals surface area contributed by atoms with Gasteiger partial charge in [-0.1, -0.05) is 30.3 Å². The third-order valence-electron chi connectivity index (χ3n) is 3.57. The second-order valence-corrected chi connectivity index (χ2v) is 6.01. The Morgan fingerprint density at radius 1 is 1.40 bits per heavy atom. The molecule has 1 N–H and O–H groups in total. The van der Waals surface area contributed by atoms with Crippen molar-refractivity contribution in [2.75, 3.05) is 19.7 Å². The number of rotatable bonds is 3. The summed E-state index contributed by atoms with van der Waals surface area (Å²) in [6.07, 6.45) is 2.54. The van der Waals surface area contributed by atoms with Gasteiger partial charge in [0.2, 0.25) is 0 Å². The maximum atomic E-state index is 12.4. The summed E-state index contributed by atoms with van der Waals surface area (Å²) < 4.78 is 0. The Labute approximate surface area is 121 Å². The number of thiazole rings is 1. The van der Waals surface area contributed by atoms with Gasteiger partial charge in [-0.05, 0) is 6.42 Å². The molecule has 2 aromatic rings. The molecule has 1 aliphatic rings. The smallest absolute Gasteiger partial charge is 0.265 e. The Hall–Kier alpha value is -1.72. The van der Waals surface area contributed by atoms with E-state index in [-0.39, 0.29) is 18.4 Å². The molecule has 0 saturated carbocycles. The third kappa shape index (κ3) is 2.59. The van der Waals surface area contributed by atoms with Gasteiger partial charge in [0, 0.05) is 31.2 Å². The van der Waals surface area contributed by atoms with Crippen molar-refractivity contribution < 1.29 is 9.90 Å². The lowest BCUT2D eigenvalue weighted by atomic mass is 10.1. The van der Waals surface area contributed by atoms with Crippen LogP contribution >= 0.6 is 11.3 Å². The summed E-state index contributed by atoms with van der Waals surface area (Å²) in [5.41, 5.74) is 1.03. The summed E-state index contributed by atoms with van der Waals surface area (Å²) in [7, 11) is 0. The fraction of sp³-hybridized carbons (Fsp3) is 0.333. The van der Waals surface area contributed by atoms with Crippen molar-refractivity contribution in [1.82, 2.24) is 9.88 Å². The predicted molar refractivity (Wildman–Crippen MR) is 78.6 cm³/mol. The van der Waals surface area contributed by atoms with Crippen molar-refractivity contribution in [3.63, 3.8) is 0 Å². The number of amides is 1. The number of hydrogen-bond acceptors (Lipinski definition) is 4. The van der Waals surface area contributed by atoms with Crippen LogP contribution in [0.15, 0.2) is 36.5 Å². The van der Waals surface area contributed by atoms with Crippen LogP contribution in [0.1, 0.15) is 16.1 Å². The molecule has 1 aromatic heterocycles. The maximum Gasteiger partial charge on any atom is 0.265 e. The lowest BCUT2D eigenvalue weighted by molar-refractivity contribution is 0.0786. The molecule has 20 heavy (non-hydrogen) atoms. The predicted octanol–water partition coefficient (Wildman–Crippen LogP) is 2.26. The first kappa shape index (κ1) is 13.3. The highest BCUT2D eigenvalue weighted by Gasteiger charge is 2.27. The van der Waals surface area contributed by atoms with Crippen LogP contribution in [-0.2, 0) is 0 Å². The number of aliphatic hydroxyl groups is 1. The van der Waals surface area contributed by atoms with Crippen LogP contribution in [-0.4, -0.2) is 40.6 Å². The monoisotopic (exact) mass is 288 g/mol. The van der Waals surface area contributed by atoms with Crippen molar-refractivity contribution >= 4 is 17.2 Å². The van der Waals surface area contributed by atoms with Crippen molar-refractivity contribution in [3.8, 4) is 10.6 Å². The van der Waals surface area contributed by atoms with Gasteiger partial charge in [0.25, 0.3) is 5.91 Å². The van der Waals surface area contributed by atoms with Crippen LogP contribution in [0.5, 0.6) is 0 Å². The zero-order valence-corrected chi connectivity index (χ0v) is 11.8. The lowest BCUT2D eigenvalue weighted by Gasteiger charge is -2.14. The molecule has 0 bridgehead atoms. The topological polar surface area (TPSA) is 53.4 Å². The standard InChI is InChI=1S/C15H16N2O2S/c18-10-11-6-7-17(9-11)15(19)13-8-16-14(20-13)12-4-2-1-3-5-12/h1-5,8,11,18H,6-7,9-10H2. The highest BCUT2D eigenvalue weighted by Crippen LogP contribution is 2.27. The number of nitrogens with zero attached hydrogens (tertiary/aromatic N) is 2. The van der Waals surface area contributed by atoms with Crippen molar-refractivity contribution in [2.45, 2.75) is 6.42 Å². The molecule has 1 aromatic carbocycles. The van der Waals surface area contributed by atoms with E-state index in [0.29, 0.717) is 11.4 Å². The van der Waals surface area contributed by atoms with Crippen LogP contribution in [0.3, 0.4) is 0 Å². The molecule has 104 valence electrons. The SMILES string of the molecule is O=C(c1cnc(-c2ccccc2)s1)N1CCC(CO)C1. The molecule has 1 saturated heterocycles.